The molecule has 2 saturated heterocycles. The first-order valence-electron chi connectivity index (χ1n) is 23.5. The lowest BCUT2D eigenvalue weighted by atomic mass is 9.77. The van der Waals surface area contributed by atoms with Crippen LogP contribution in [0.4, 0.5) is 0 Å². The number of nitrogens with zero attached hydrogens (tertiary/aromatic N) is 4. The second-order valence-corrected chi connectivity index (χ2v) is 21.7. The number of carbonyl (C=O) groups excluding carboxylic acids is 4. The van der Waals surface area contributed by atoms with Crippen LogP contribution in [-0.2, 0) is 29.2 Å². The van der Waals surface area contributed by atoms with Gasteiger partial charge >= 0.3 is 0 Å². The molecule has 2 aliphatic carbocycles. The molecular weight excluding hydrogens is 883 g/mol. The normalized spacial score (nSPS) is 23.1. The van der Waals surface area contributed by atoms with Gasteiger partial charge in [-0.25, -0.2) is 13.4 Å². The Morgan fingerprint density at radius 1 is 0.941 bits per heavy atom. The summed E-state index contributed by atoms with van der Waals surface area (Å²) >= 11 is 0. The SMILES string of the molecule is C=C[C@@H]1C[C@]1(NC(=O)[C@@H]1C[C@@H](Oc2cc(-c3ccccc3)nc3cc(OC)ccc23)CN1C(=O)[C@@H](CC(=O)N1CCCCC1c1cc(-c2ccccc2)[nH]n1)C(C)(C)C)C(=O)NS(=O)(=O)C1CC1. The highest BCUT2D eigenvalue weighted by Gasteiger charge is 2.62. The van der Waals surface area contributed by atoms with Crippen LogP contribution in [0.15, 0.2) is 104 Å². The minimum atomic E-state index is -3.94. The van der Waals surface area contributed by atoms with E-state index in [1.807, 2.05) is 117 Å². The number of hydrogen-bond acceptors (Lipinski definition) is 10. The minimum Gasteiger partial charge on any atom is -0.497 e. The van der Waals surface area contributed by atoms with Gasteiger partial charge in [-0.05, 0) is 67.7 Å². The summed E-state index contributed by atoms with van der Waals surface area (Å²) in [5.74, 6) is -2.37. The van der Waals surface area contributed by atoms with Gasteiger partial charge < -0.3 is 24.6 Å². The van der Waals surface area contributed by atoms with Crippen molar-refractivity contribution in [1.29, 1.82) is 0 Å². The third-order valence-corrected chi connectivity index (χ3v) is 15.8. The molecule has 3 N–H and O–H groups in total. The van der Waals surface area contributed by atoms with Crippen LogP contribution in [0.1, 0.15) is 83.9 Å². The zero-order chi connectivity index (χ0) is 48.0. The van der Waals surface area contributed by atoms with Gasteiger partial charge in [0.2, 0.25) is 27.7 Å². The number of aromatic nitrogens is 3. The summed E-state index contributed by atoms with van der Waals surface area (Å²) in [6, 6.07) is 27.4. The van der Waals surface area contributed by atoms with Gasteiger partial charge in [-0.2, -0.15) is 5.10 Å². The molecule has 9 rings (SSSR count). The number of amides is 4. The van der Waals surface area contributed by atoms with Gasteiger partial charge in [0.25, 0.3) is 5.91 Å². The molecular formula is C52H59N7O8S. The molecule has 4 aliphatic rings. The van der Waals surface area contributed by atoms with Gasteiger partial charge in [0, 0.05) is 48.4 Å². The van der Waals surface area contributed by atoms with Crippen molar-refractivity contribution in [2.45, 2.75) is 101 Å². The number of H-pyrrole nitrogens is 1. The molecule has 15 nitrogen and oxygen atoms in total. The van der Waals surface area contributed by atoms with Crippen LogP contribution < -0.4 is 19.5 Å². The topological polar surface area (TPSA) is 193 Å². The molecule has 5 aromatic rings. The Morgan fingerprint density at radius 3 is 2.32 bits per heavy atom. The average Bonchev–Trinajstić information content (AvgIpc) is 4.23. The fourth-order valence-corrected chi connectivity index (χ4v) is 11.2. The number of carbonyl (C=O) groups is 4. The number of likely N-dealkylation sites (tertiary alicyclic amines) is 2. The highest BCUT2D eigenvalue weighted by atomic mass is 32.2. The van der Waals surface area contributed by atoms with E-state index in [2.05, 4.69) is 26.8 Å². The number of ether oxygens (including phenoxy) is 2. The van der Waals surface area contributed by atoms with Crippen molar-refractivity contribution in [1.82, 2.24) is 35.0 Å². The molecule has 3 aromatic carbocycles. The maximum absolute atomic E-state index is 15.4. The Labute approximate surface area is 397 Å². The first kappa shape index (κ1) is 46.6. The summed E-state index contributed by atoms with van der Waals surface area (Å²) in [6.07, 6.45) is 4.22. The molecule has 16 heteroatoms. The zero-order valence-electron chi connectivity index (χ0n) is 38.9. The number of aromatic amines is 1. The molecule has 0 radical (unpaired) electrons. The zero-order valence-corrected chi connectivity index (χ0v) is 39.8. The number of hydrogen-bond donors (Lipinski definition) is 3. The highest BCUT2D eigenvalue weighted by molar-refractivity contribution is 7.91. The molecule has 2 aliphatic heterocycles. The quantitative estimate of drug-likeness (QED) is 0.0911. The summed E-state index contributed by atoms with van der Waals surface area (Å²) in [5.41, 5.74) is 2.39. The van der Waals surface area contributed by atoms with E-state index in [0.29, 0.717) is 47.5 Å². The summed E-state index contributed by atoms with van der Waals surface area (Å²) in [4.78, 5) is 67.0. The molecule has 4 amide bonds. The van der Waals surface area contributed by atoms with E-state index >= 15 is 4.79 Å². The van der Waals surface area contributed by atoms with E-state index in [-0.39, 0.29) is 37.8 Å². The van der Waals surface area contributed by atoms with E-state index in [1.165, 1.54) is 11.0 Å². The van der Waals surface area contributed by atoms with E-state index in [4.69, 9.17) is 14.5 Å². The Morgan fingerprint density at radius 2 is 1.66 bits per heavy atom. The van der Waals surface area contributed by atoms with Crippen LogP contribution in [-0.4, -0.2) is 100 Å². The molecule has 4 heterocycles. The Bertz CT molecular complexity index is 2840. The number of fused-ring (bicyclic) bond motifs is 1. The van der Waals surface area contributed by atoms with Gasteiger partial charge in [0.15, 0.2) is 0 Å². The third-order valence-electron chi connectivity index (χ3n) is 14.0. The third kappa shape index (κ3) is 9.47. The Kier molecular flexibility index (Phi) is 12.7. The molecule has 4 fully saturated rings. The number of nitrogens with one attached hydrogen (secondary N) is 3. The predicted molar refractivity (Wildman–Crippen MR) is 257 cm³/mol. The fraction of sp³-hybridized carbons (Fsp3) is 0.423. The van der Waals surface area contributed by atoms with Gasteiger partial charge in [-0.1, -0.05) is 87.5 Å². The van der Waals surface area contributed by atoms with Crippen molar-refractivity contribution in [3.8, 4) is 34.0 Å². The standard InChI is InChI=1S/C52H59N7O8S/c1-6-34-30-52(34,50(63)57-68(64,65)37-21-22-37)54-48(61)45-26-36(67-46-29-40(32-15-9-7-10-16-32)53-42-25-35(66-5)20-23-38(42)46)31-59(45)49(62)39(51(2,3)4)27-47(60)58-24-14-13-19-44(58)43-28-41(55-56-43)33-17-11-8-12-18-33/h6-12,15-18,20,23,25,28-29,34,36-37,39,44-45H,1,13-14,19,21-22,24,26-27,30-31H2,2-5H3,(H,54,61)(H,55,56)(H,57,63)/t34-,36-,39-,44?,45+,52-/m1/s1. The number of methoxy groups -OCH3 is 1. The summed E-state index contributed by atoms with van der Waals surface area (Å²) in [6.45, 7) is 10.1. The van der Waals surface area contributed by atoms with Crippen LogP contribution in [0.3, 0.4) is 0 Å². The number of piperidine rings is 1. The number of rotatable bonds is 15. The maximum atomic E-state index is 15.4. The van der Waals surface area contributed by atoms with Crippen molar-refractivity contribution >= 4 is 44.6 Å². The lowest BCUT2D eigenvalue weighted by molar-refractivity contribution is -0.149. The van der Waals surface area contributed by atoms with Gasteiger partial charge in [-0.15, -0.1) is 6.58 Å². The van der Waals surface area contributed by atoms with Gasteiger partial charge in [-0.3, -0.25) is 29.0 Å². The minimum absolute atomic E-state index is 0.0135. The molecule has 2 aromatic heterocycles. The van der Waals surface area contributed by atoms with Crippen molar-refractivity contribution in [2.75, 3.05) is 20.2 Å². The van der Waals surface area contributed by atoms with E-state index in [9.17, 15) is 22.8 Å². The summed E-state index contributed by atoms with van der Waals surface area (Å²) in [7, 11) is -2.35. The number of sulfonamides is 1. The second-order valence-electron chi connectivity index (χ2n) is 19.7. The first-order chi connectivity index (χ1) is 32.6. The second kappa shape index (κ2) is 18.5. The van der Waals surface area contributed by atoms with Gasteiger partial charge in [0.1, 0.15) is 29.2 Å². The largest absolute Gasteiger partial charge is 0.497 e. The molecule has 1 unspecified atom stereocenters. The van der Waals surface area contributed by atoms with Crippen LogP contribution in [0.5, 0.6) is 11.5 Å². The monoisotopic (exact) mass is 941 g/mol. The van der Waals surface area contributed by atoms with Crippen LogP contribution in [0, 0.1) is 17.3 Å². The van der Waals surface area contributed by atoms with E-state index < -0.39 is 67.9 Å². The van der Waals surface area contributed by atoms with Crippen molar-refractivity contribution in [3.05, 3.63) is 109 Å². The molecule has 356 valence electrons. The highest BCUT2D eigenvalue weighted by Crippen LogP contribution is 2.46. The van der Waals surface area contributed by atoms with Crippen LogP contribution in [0.25, 0.3) is 33.4 Å². The molecule has 6 atom stereocenters. The molecule has 0 spiro atoms. The van der Waals surface area contributed by atoms with Crippen molar-refractivity contribution < 1.29 is 37.1 Å². The van der Waals surface area contributed by atoms with Crippen molar-refractivity contribution in [2.24, 2.45) is 17.3 Å². The Hall–Kier alpha value is -6.55. The van der Waals surface area contributed by atoms with Gasteiger partial charge in [0.05, 0.1) is 53.5 Å². The fourth-order valence-electron chi connectivity index (χ4n) is 9.80. The Balaban J connectivity index is 1.02. The van der Waals surface area contributed by atoms with Crippen LogP contribution in [0.2, 0.25) is 0 Å². The smallest absolute Gasteiger partial charge is 0.259 e. The average molecular weight is 942 g/mol. The number of benzene rings is 3. The lowest BCUT2D eigenvalue weighted by Gasteiger charge is -2.39. The molecule has 68 heavy (non-hydrogen) atoms. The maximum Gasteiger partial charge on any atom is 0.259 e. The van der Waals surface area contributed by atoms with E-state index in [1.54, 1.807) is 7.11 Å². The first-order valence-corrected chi connectivity index (χ1v) is 25.1. The van der Waals surface area contributed by atoms with Crippen molar-refractivity contribution in [3.63, 3.8) is 0 Å². The molecule has 2 saturated carbocycles. The number of pyridine rings is 1. The summed E-state index contributed by atoms with van der Waals surface area (Å²) < 4.78 is 40.5. The summed E-state index contributed by atoms with van der Waals surface area (Å²) in [5, 5.41) is 10.7. The lowest BCUT2D eigenvalue weighted by Crippen LogP contribution is -2.57. The van der Waals surface area contributed by atoms with E-state index in [0.717, 1.165) is 41.8 Å². The predicted octanol–water partition coefficient (Wildman–Crippen LogP) is 7.12. The van der Waals surface area contributed by atoms with Crippen LogP contribution >= 0.6 is 0 Å². The molecule has 0 bridgehead atoms.